The quantitative estimate of drug-likeness (QED) is 0.781. The second-order valence-electron chi connectivity index (χ2n) is 6.69. The van der Waals surface area contributed by atoms with Crippen LogP contribution >= 0.6 is 0 Å². The van der Waals surface area contributed by atoms with Crippen LogP contribution in [0.1, 0.15) is 23.6 Å². The Morgan fingerprint density at radius 3 is 2.58 bits per heavy atom. The summed E-state index contributed by atoms with van der Waals surface area (Å²) < 4.78 is 6.65. The second-order valence-corrected chi connectivity index (χ2v) is 6.69. The first-order chi connectivity index (χ1) is 12.5. The molecule has 3 heterocycles. The highest BCUT2D eigenvalue weighted by atomic mass is 16.5. The number of H-pyrrole nitrogens is 1. The van der Waals surface area contributed by atoms with Gasteiger partial charge in [0.2, 0.25) is 5.91 Å². The predicted molar refractivity (Wildman–Crippen MR) is 97.5 cm³/mol. The van der Waals surface area contributed by atoms with Crippen molar-refractivity contribution in [1.29, 1.82) is 0 Å². The highest BCUT2D eigenvalue weighted by Crippen LogP contribution is 2.28. The van der Waals surface area contributed by atoms with E-state index in [2.05, 4.69) is 5.10 Å². The van der Waals surface area contributed by atoms with Crippen molar-refractivity contribution in [3.8, 4) is 17.0 Å². The van der Waals surface area contributed by atoms with Gasteiger partial charge in [-0.3, -0.25) is 14.7 Å². The van der Waals surface area contributed by atoms with E-state index in [0.29, 0.717) is 24.3 Å². The smallest absolute Gasteiger partial charge is 0.272 e. The molecule has 0 bridgehead atoms. The molecular formula is C19H20N4O3. The third-order valence-corrected chi connectivity index (χ3v) is 5.01. The molecule has 0 radical (unpaired) electrons. The van der Waals surface area contributed by atoms with E-state index in [9.17, 15) is 9.59 Å². The van der Waals surface area contributed by atoms with Crippen LogP contribution < -0.4 is 10.3 Å². The van der Waals surface area contributed by atoms with Crippen molar-refractivity contribution >= 4 is 11.6 Å². The highest BCUT2D eigenvalue weighted by molar-refractivity contribution is 5.79. The number of carbonyl (C=O) groups is 1. The Bertz CT molecular complexity index is 1050. The first-order valence-electron chi connectivity index (χ1n) is 8.48. The summed E-state index contributed by atoms with van der Waals surface area (Å²) in [5, 5.41) is 3.14. The van der Waals surface area contributed by atoms with Crippen LogP contribution in [0.4, 0.5) is 0 Å². The zero-order chi connectivity index (χ0) is 18.4. The zero-order valence-electron chi connectivity index (χ0n) is 14.9. The number of aryl methyl sites for hydroxylation is 1. The van der Waals surface area contributed by atoms with Crippen LogP contribution in [-0.2, 0) is 4.79 Å². The topological polar surface area (TPSA) is 79.7 Å². The Hall–Kier alpha value is -3.09. The van der Waals surface area contributed by atoms with E-state index in [4.69, 9.17) is 9.72 Å². The van der Waals surface area contributed by atoms with Crippen LogP contribution in [-0.4, -0.2) is 46.1 Å². The van der Waals surface area contributed by atoms with E-state index in [1.54, 1.807) is 19.1 Å². The van der Waals surface area contributed by atoms with Crippen LogP contribution in [0, 0.1) is 6.92 Å². The number of aromatic amines is 1. The maximum atomic E-state index is 12.6. The fourth-order valence-corrected chi connectivity index (χ4v) is 3.48. The number of benzene rings is 1. The highest BCUT2D eigenvalue weighted by Gasteiger charge is 2.30. The number of carbonyl (C=O) groups excluding carboxylic acids is 1. The Morgan fingerprint density at radius 2 is 1.96 bits per heavy atom. The van der Waals surface area contributed by atoms with Gasteiger partial charge in [0.25, 0.3) is 5.56 Å². The Balaban J connectivity index is 1.80. The number of nitrogens with one attached hydrogen (secondary N) is 1. The van der Waals surface area contributed by atoms with Gasteiger partial charge in [-0.2, -0.15) is 0 Å². The molecule has 1 saturated heterocycles. The Morgan fingerprint density at radius 1 is 1.23 bits per heavy atom. The first-order valence-corrected chi connectivity index (χ1v) is 8.48. The van der Waals surface area contributed by atoms with Gasteiger partial charge in [0.1, 0.15) is 5.75 Å². The van der Waals surface area contributed by atoms with E-state index in [1.165, 1.54) is 10.6 Å². The van der Waals surface area contributed by atoms with Gasteiger partial charge in [0.05, 0.1) is 18.5 Å². The summed E-state index contributed by atoms with van der Waals surface area (Å²) in [6.07, 6.45) is 0.397. The molecule has 0 spiro atoms. The van der Waals surface area contributed by atoms with Gasteiger partial charge in [0, 0.05) is 43.1 Å². The average molecular weight is 352 g/mol. The molecule has 7 heteroatoms. The number of aromatic nitrogens is 3. The number of likely N-dealkylation sites (tertiary alicyclic amines) is 1. The van der Waals surface area contributed by atoms with E-state index in [1.807, 2.05) is 31.2 Å². The van der Waals surface area contributed by atoms with E-state index >= 15 is 0 Å². The van der Waals surface area contributed by atoms with Crippen molar-refractivity contribution in [3.63, 3.8) is 0 Å². The second kappa shape index (κ2) is 6.01. The SMILES string of the molecule is COc1ccc(-c2[nH]n3c(=O)cc(C4CC(=O)N(C)C4)nc3c2C)cc1. The summed E-state index contributed by atoms with van der Waals surface area (Å²) >= 11 is 0. The Kier molecular flexibility index (Phi) is 3.79. The number of ether oxygens (including phenoxy) is 1. The minimum Gasteiger partial charge on any atom is -0.497 e. The summed E-state index contributed by atoms with van der Waals surface area (Å²) in [6, 6.07) is 9.15. The van der Waals surface area contributed by atoms with Gasteiger partial charge in [-0.1, -0.05) is 0 Å². The van der Waals surface area contributed by atoms with Crippen molar-refractivity contribution in [2.75, 3.05) is 20.7 Å². The molecule has 1 atom stereocenters. The number of methoxy groups -OCH3 is 1. The van der Waals surface area contributed by atoms with Crippen molar-refractivity contribution in [2.24, 2.45) is 0 Å². The van der Waals surface area contributed by atoms with Gasteiger partial charge in [0.15, 0.2) is 5.65 Å². The van der Waals surface area contributed by atoms with Crippen LogP contribution in [0.25, 0.3) is 16.9 Å². The van der Waals surface area contributed by atoms with Crippen molar-refractivity contribution < 1.29 is 9.53 Å². The number of rotatable bonds is 3. The molecule has 26 heavy (non-hydrogen) atoms. The molecule has 4 rings (SSSR count). The number of hydrogen-bond donors (Lipinski definition) is 1. The van der Waals surface area contributed by atoms with Gasteiger partial charge in [-0.25, -0.2) is 9.50 Å². The monoisotopic (exact) mass is 352 g/mol. The van der Waals surface area contributed by atoms with E-state index in [0.717, 1.165) is 22.6 Å². The maximum Gasteiger partial charge on any atom is 0.272 e. The van der Waals surface area contributed by atoms with Crippen molar-refractivity contribution in [2.45, 2.75) is 19.3 Å². The van der Waals surface area contributed by atoms with E-state index in [-0.39, 0.29) is 17.4 Å². The lowest BCUT2D eigenvalue weighted by molar-refractivity contribution is -0.126. The summed E-state index contributed by atoms with van der Waals surface area (Å²) in [6.45, 7) is 2.53. The molecule has 0 aliphatic carbocycles. The predicted octanol–water partition coefficient (Wildman–Crippen LogP) is 1.95. The first kappa shape index (κ1) is 16.4. The van der Waals surface area contributed by atoms with Gasteiger partial charge in [-0.05, 0) is 31.2 Å². The van der Waals surface area contributed by atoms with Gasteiger partial charge >= 0.3 is 0 Å². The normalized spacial score (nSPS) is 17.3. The number of nitrogens with zero attached hydrogens (tertiary/aromatic N) is 3. The number of hydrogen-bond acceptors (Lipinski definition) is 4. The summed E-state index contributed by atoms with van der Waals surface area (Å²) in [5.74, 6) is 0.820. The lowest BCUT2D eigenvalue weighted by atomic mass is 10.0. The molecule has 134 valence electrons. The standard InChI is InChI=1S/C19H20N4O3/c1-11-18(12-4-6-14(26-3)7-5-12)21-23-17(25)9-15(20-19(11)23)13-8-16(24)22(2)10-13/h4-7,9,13,21H,8,10H2,1-3H3. The largest absolute Gasteiger partial charge is 0.497 e. The number of fused-ring (bicyclic) bond motifs is 1. The van der Waals surface area contributed by atoms with Gasteiger partial charge < -0.3 is 9.64 Å². The summed E-state index contributed by atoms with van der Waals surface area (Å²) in [4.78, 5) is 30.8. The Labute approximate surface area is 150 Å². The van der Waals surface area contributed by atoms with Crippen molar-refractivity contribution in [3.05, 3.63) is 51.9 Å². The number of amides is 1. The third kappa shape index (κ3) is 2.56. The molecule has 1 aromatic carbocycles. The summed E-state index contributed by atoms with van der Waals surface area (Å²) in [7, 11) is 3.40. The fraction of sp³-hybridized carbons (Fsp3) is 0.316. The lowest BCUT2D eigenvalue weighted by Crippen LogP contribution is -2.20. The molecule has 1 aliphatic rings. The van der Waals surface area contributed by atoms with Crippen LogP contribution in [0.15, 0.2) is 35.1 Å². The molecular weight excluding hydrogens is 332 g/mol. The molecule has 1 fully saturated rings. The van der Waals surface area contributed by atoms with Gasteiger partial charge in [-0.15, -0.1) is 0 Å². The fourth-order valence-electron chi connectivity index (χ4n) is 3.48. The molecule has 7 nitrogen and oxygen atoms in total. The van der Waals surface area contributed by atoms with E-state index < -0.39 is 0 Å². The molecule has 1 aliphatic heterocycles. The molecule has 1 unspecified atom stereocenters. The third-order valence-electron chi connectivity index (χ3n) is 5.01. The molecule has 3 aromatic rings. The molecule has 0 saturated carbocycles. The lowest BCUT2D eigenvalue weighted by Gasteiger charge is -2.09. The van der Waals surface area contributed by atoms with Crippen molar-refractivity contribution in [1.82, 2.24) is 19.5 Å². The molecule has 1 amide bonds. The van der Waals surface area contributed by atoms with Crippen LogP contribution in [0.2, 0.25) is 0 Å². The maximum absolute atomic E-state index is 12.6. The minimum atomic E-state index is -0.171. The molecule has 1 N–H and O–H groups in total. The summed E-state index contributed by atoms with van der Waals surface area (Å²) in [5.41, 5.74) is 3.79. The van der Waals surface area contributed by atoms with Crippen LogP contribution in [0.3, 0.4) is 0 Å². The average Bonchev–Trinajstić information content (AvgIpc) is 3.16. The van der Waals surface area contributed by atoms with Crippen LogP contribution in [0.5, 0.6) is 5.75 Å². The minimum absolute atomic E-state index is 0.0380. The molecule has 2 aromatic heterocycles. The number of likely N-dealkylation sites (N-methyl/N-ethyl adjacent to an activating group) is 1. The zero-order valence-corrected chi connectivity index (χ0v) is 14.9.